The number of carbonyl (C=O) groups is 1. The van der Waals surface area contributed by atoms with E-state index < -0.39 is 0 Å². The van der Waals surface area contributed by atoms with Gasteiger partial charge < -0.3 is 4.90 Å². The van der Waals surface area contributed by atoms with Gasteiger partial charge in [0.25, 0.3) is 5.91 Å². The van der Waals surface area contributed by atoms with E-state index in [0.29, 0.717) is 10.7 Å². The van der Waals surface area contributed by atoms with Crippen molar-refractivity contribution in [2.75, 3.05) is 11.4 Å². The Kier molecular flexibility index (Phi) is 4.55. The Bertz CT molecular complexity index is 732. The van der Waals surface area contributed by atoms with Gasteiger partial charge in [-0.05, 0) is 54.9 Å². The predicted octanol–water partition coefficient (Wildman–Crippen LogP) is 3.92. The van der Waals surface area contributed by atoms with Crippen molar-refractivity contribution in [1.29, 1.82) is 0 Å². The fourth-order valence-electron chi connectivity index (χ4n) is 2.61. The van der Waals surface area contributed by atoms with Gasteiger partial charge in [-0.15, -0.1) is 0 Å². The molecule has 1 aliphatic heterocycles. The minimum absolute atomic E-state index is 0.186. The molecule has 1 amide bonds. The lowest BCUT2D eigenvalue weighted by atomic mass is 10.0. The van der Waals surface area contributed by atoms with Crippen LogP contribution in [0.15, 0.2) is 53.0 Å². The van der Waals surface area contributed by atoms with Crippen LogP contribution < -0.4 is 10.2 Å². The second-order valence-corrected chi connectivity index (χ2v) is 6.46. The Balaban J connectivity index is 1.77. The number of hydrogen-bond acceptors (Lipinski definition) is 2. The van der Waals surface area contributed by atoms with Gasteiger partial charge in [0.05, 0.1) is 0 Å². The van der Waals surface area contributed by atoms with E-state index in [4.69, 9.17) is 12.2 Å². The Morgan fingerprint density at radius 3 is 2.82 bits per heavy atom. The summed E-state index contributed by atoms with van der Waals surface area (Å²) in [6.45, 7) is 0.828. The Hall–Kier alpha value is -1.72. The zero-order chi connectivity index (χ0) is 15.5. The quantitative estimate of drug-likeness (QED) is 0.767. The van der Waals surface area contributed by atoms with Crippen LogP contribution in [-0.4, -0.2) is 17.6 Å². The number of thiocarbonyl (C=S) groups is 1. The average Bonchev–Trinajstić information content (AvgIpc) is 2.54. The van der Waals surface area contributed by atoms with Crippen LogP contribution in [0.25, 0.3) is 0 Å². The van der Waals surface area contributed by atoms with Crippen LogP contribution in [0.5, 0.6) is 0 Å². The molecule has 0 aromatic heterocycles. The minimum atomic E-state index is -0.186. The molecule has 1 N–H and O–H groups in total. The normalized spacial score (nSPS) is 13.4. The number of fused-ring (bicyclic) bond motifs is 1. The van der Waals surface area contributed by atoms with E-state index in [2.05, 4.69) is 27.3 Å². The zero-order valence-corrected chi connectivity index (χ0v) is 14.3. The number of rotatable bonds is 1. The van der Waals surface area contributed by atoms with Gasteiger partial charge in [-0.3, -0.25) is 10.1 Å². The van der Waals surface area contributed by atoms with Gasteiger partial charge in [0.1, 0.15) is 0 Å². The summed E-state index contributed by atoms with van der Waals surface area (Å²) in [6, 6.07) is 15.5. The van der Waals surface area contributed by atoms with Gasteiger partial charge in [0.2, 0.25) is 0 Å². The highest BCUT2D eigenvalue weighted by Crippen LogP contribution is 2.26. The Labute approximate surface area is 143 Å². The van der Waals surface area contributed by atoms with Crippen molar-refractivity contribution < 1.29 is 4.79 Å². The van der Waals surface area contributed by atoms with Crippen molar-refractivity contribution in [3.63, 3.8) is 0 Å². The number of aryl methyl sites for hydroxylation is 1. The molecule has 0 aliphatic carbocycles. The summed E-state index contributed by atoms with van der Waals surface area (Å²) in [5, 5.41) is 3.29. The number of carbonyl (C=O) groups excluding carboxylic acids is 1. The lowest BCUT2D eigenvalue weighted by Crippen LogP contribution is -2.45. The number of nitrogens with zero attached hydrogens (tertiary/aromatic N) is 1. The highest BCUT2D eigenvalue weighted by Gasteiger charge is 2.21. The molecule has 0 saturated carbocycles. The van der Waals surface area contributed by atoms with Crippen LogP contribution in [0.1, 0.15) is 22.3 Å². The third-order valence-corrected chi connectivity index (χ3v) is 4.48. The molecule has 1 aliphatic rings. The van der Waals surface area contributed by atoms with E-state index in [9.17, 15) is 4.79 Å². The molecule has 0 bridgehead atoms. The number of nitrogens with one attached hydrogen (secondary N) is 1. The van der Waals surface area contributed by atoms with Crippen LogP contribution in [0.2, 0.25) is 0 Å². The maximum absolute atomic E-state index is 12.3. The SMILES string of the molecule is O=C(NC(=S)N1CCCc2ccccc21)c1cccc(Br)c1. The molecule has 0 radical (unpaired) electrons. The van der Waals surface area contributed by atoms with E-state index in [1.165, 1.54) is 5.56 Å². The molecule has 22 heavy (non-hydrogen) atoms. The van der Waals surface area contributed by atoms with Gasteiger partial charge in [-0.2, -0.15) is 0 Å². The molecule has 0 fully saturated rings. The van der Waals surface area contributed by atoms with Crippen LogP contribution in [0, 0.1) is 0 Å². The molecule has 3 nitrogen and oxygen atoms in total. The van der Waals surface area contributed by atoms with Gasteiger partial charge in [-0.25, -0.2) is 0 Å². The molecule has 3 rings (SSSR count). The second-order valence-electron chi connectivity index (χ2n) is 5.15. The summed E-state index contributed by atoms with van der Waals surface area (Å²) in [6.07, 6.45) is 2.08. The van der Waals surface area contributed by atoms with Crippen molar-refractivity contribution in [2.24, 2.45) is 0 Å². The molecule has 0 atom stereocenters. The molecule has 2 aromatic carbocycles. The summed E-state index contributed by atoms with van der Waals surface area (Å²) < 4.78 is 0.870. The number of anilines is 1. The molecule has 2 aromatic rings. The minimum Gasteiger partial charge on any atom is -0.318 e. The van der Waals surface area contributed by atoms with Crippen molar-refractivity contribution in [1.82, 2.24) is 5.32 Å². The zero-order valence-electron chi connectivity index (χ0n) is 11.9. The summed E-state index contributed by atoms with van der Waals surface area (Å²) in [5.74, 6) is -0.186. The standard InChI is InChI=1S/C17H15BrN2OS/c18-14-8-3-6-13(11-14)16(21)19-17(22)20-10-4-7-12-5-1-2-9-15(12)20/h1-3,5-6,8-9,11H,4,7,10H2,(H,19,21,22). The van der Waals surface area contributed by atoms with E-state index in [0.717, 1.165) is 29.5 Å². The molecule has 0 spiro atoms. The van der Waals surface area contributed by atoms with Crippen LogP contribution in [0.3, 0.4) is 0 Å². The number of hydrogen-bond donors (Lipinski definition) is 1. The van der Waals surface area contributed by atoms with Crippen molar-refractivity contribution in [3.05, 3.63) is 64.1 Å². The van der Waals surface area contributed by atoms with E-state index >= 15 is 0 Å². The number of benzene rings is 2. The highest BCUT2D eigenvalue weighted by molar-refractivity contribution is 9.10. The van der Waals surface area contributed by atoms with Crippen LogP contribution in [-0.2, 0) is 6.42 Å². The highest BCUT2D eigenvalue weighted by atomic mass is 79.9. The van der Waals surface area contributed by atoms with Crippen molar-refractivity contribution >= 4 is 44.9 Å². The number of amides is 1. The summed E-state index contributed by atoms with van der Waals surface area (Å²) in [5.41, 5.74) is 2.95. The molecule has 5 heteroatoms. The monoisotopic (exact) mass is 374 g/mol. The molecule has 1 heterocycles. The molecule has 112 valence electrons. The molecule has 0 saturated heterocycles. The first-order valence-electron chi connectivity index (χ1n) is 7.11. The smallest absolute Gasteiger partial charge is 0.257 e. The van der Waals surface area contributed by atoms with E-state index in [-0.39, 0.29) is 5.91 Å². The topological polar surface area (TPSA) is 32.3 Å². The van der Waals surface area contributed by atoms with E-state index in [1.54, 1.807) is 12.1 Å². The second kappa shape index (κ2) is 6.58. The lowest BCUT2D eigenvalue weighted by Gasteiger charge is -2.31. The lowest BCUT2D eigenvalue weighted by molar-refractivity contribution is 0.0977. The molecule has 0 unspecified atom stereocenters. The van der Waals surface area contributed by atoms with Crippen LogP contribution in [0.4, 0.5) is 5.69 Å². The largest absolute Gasteiger partial charge is 0.318 e. The molecular weight excluding hydrogens is 360 g/mol. The van der Waals surface area contributed by atoms with Gasteiger partial charge in [-0.1, -0.05) is 40.2 Å². The Morgan fingerprint density at radius 2 is 2.00 bits per heavy atom. The predicted molar refractivity (Wildman–Crippen MR) is 96.3 cm³/mol. The fourth-order valence-corrected chi connectivity index (χ4v) is 3.29. The first-order chi connectivity index (χ1) is 10.6. The first-order valence-corrected chi connectivity index (χ1v) is 8.31. The maximum atomic E-state index is 12.3. The van der Waals surface area contributed by atoms with Gasteiger partial charge >= 0.3 is 0 Å². The number of halogens is 1. The molecular formula is C17H15BrN2OS. The van der Waals surface area contributed by atoms with E-state index in [1.807, 2.05) is 35.2 Å². The maximum Gasteiger partial charge on any atom is 0.257 e. The van der Waals surface area contributed by atoms with Crippen molar-refractivity contribution in [3.8, 4) is 0 Å². The van der Waals surface area contributed by atoms with Crippen LogP contribution >= 0.6 is 28.1 Å². The Morgan fingerprint density at radius 1 is 1.18 bits per heavy atom. The van der Waals surface area contributed by atoms with Crippen molar-refractivity contribution in [2.45, 2.75) is 12.8 Å². The third kappa shape index (κ3) is 3.20. The summed E-state index contributed by atoms with van der Waals surface area (Å²) >= 11 is 8.81. The summed E-state index contributed by atoms with van der Waals surface area (Å²) in [4.78, 5) is 14.3. The van der Waals surface area contributed by atoms with Gasteiger partial charge in [0.15, 0.2) is 5.11 Å². The fraction of sp³-hybridized carbons (Fsp3) is 0.176. The summed E-state index contributed by atoms with van der Waals surface area (Å²) in [7, 11) is 0. The number of para-hydroxylation sites is 1. The first kappa shape index (κ1) is 15.2. The third-order valence-electron chi connectivity index (χ3n) is 3.66. The average molecular weight is 375 g/mol. The van der Waals surface area contributed by atoms with Gasteiger partial charge in [0, 0.05) is 22.3 Å².